The number of aryl methyl sites for hydroxylation is 2. The van der Waals surface area contributed by atoms with E-state index >= 15 is 0 Å². The summed E-state index contributed by atoms with van der Waals surface area (Å²) in [5.41, 5.74) is 3.82. The van der Waals surface area contributed by atoms with E-state index in [1.54, 1.807) is 14.0 Å². The van der Waals surface area contributed by atoms with Crippen LogP contribution in [0.1, 0.15) is 47.1 Å². The van der Waals surface area contributed by atoms with Crippen LogP contribution in [0.5, 0.6) is 5.75 Å². The van der Waals surface area contributed by atoms with Gasteiger partial charge in [-0.3, -0.25) is 10.1 Å². The van der Waals surface area contributed by atoms with E-state index in [0.717, 1.165) is 22.6 Å². The van der Waals surface area contributed by atoms with Gasteiger partial charge in [0.25, 0.3) is 5.91 Å². The smallest absolute Gasteiger partial charge is 0.262 e. The van der Waals surface area contributed by atoms with Crippen LogP contribution in [0.3, 0.4) is 0 Å². The zero-order valence-electron chi connectivity index (χ0n) is 15.4. The molecule has 3 aromatic rings. The Kier molecular flexibility index (Phi) is 5.08. The summed E-state index contributed by atoms with van der Waals surface area (Å²) in [5, 5.41) is 9.18. The third kappa shape index (κ3) is 3.48. The molecule has 0 aliphatic rings. The first-order valence-corrected chi connectivity index (χ1v) is 9.16. The Morgan fingerprint density at radius 2 is 2.08 bits per heavy atom. The summed E-state index contributed by atoms with van der Waals surface area (Å²) in [6.45, 7) is 7.69. The van der Waals surface area contributed by atoms with Gasteiger partial charge in [-0.25, -0.2) is 4.98 Å². The van der Waals surface area contributed by atoms with Gasteiger partial charge in [0.05, 0.1) is 18.5 Å². The summed E-state index contributed by atoms with van der Waals surface area (Å²) in [5.74, 6) is 1.14. The zero-order chi connectivity index (χ0) is 18.8. The maximum atomic E-state index is 12.7. The van der Waals surface area contributed by atoms with E-state index in [0.29, 0.717) is 22.1 Å². The van der Waals surface area contributed by atoms with Crippen LogP contribution in [0.4, 0.5) is 5.13 Å². The summed E-state index contributed by atoms with van der Waals surface area (Å²) in [4.78, 5) is 17.2. The van der Waals surface area contributed by atoms with Crippen molar-refractivity contribution in [2.45, 2.75) is 33.6 Å². The Hall–Kier alpha value is -2.67. The Morgan fingerprint density at radius 1 is 1.31 bits per heavy atom. The van der Waals surface area contributed by atoms with Gasteiger partial charge in [0.1, 0.15) is 11.3 Å². The van der Waals surface area contributed by atoms with E-state index in [1.807, 2.05) is 44.4 Å². The molecule has 2 aromatic heterocycles. The number of rotatable bonds is 5. The predicted molar refractivity (Wildman–Crippen MR) is 102 cm³/mol. The van der Waals surface area contributed by atoms with Gasteiger partial charge < -0.3 is 9.26 Å². The summed E-state index contributed by atoms with van der Waals surface area (Å²) < 4.78 is 10.7. The number of thiazole rings is 1. The number of anilines is 1. The van der Waals surface area contributed by atoms with Crippen molar-refractivity contribution in [3.8, 4) is 17.0 Å². The molecule has 2 heterocycles. The Labute approximate surface area is 156 Å². The molecule has 0 unspecified atom stereocenters. The minimum Gasteiger partial charge on any atom is -0.496 e. The van der Waals surface area contributed by atoms with E-state index in [-0.39, 0.29) is 11.8 Å². The number of ether oxygens (including phenoxy) is 1. The Morgan fingerprint density at radius 3 is 2.77 bits per heavy atom. The number of hydrogen-bond donors (Lipinski definition) is 1. The fraction of sp³-hybridized carbons (Fsp3) is 0.316. The van der Waals surface area contributed by atoms with Crippen LogP contribution in [-0.2, 0) is 0 Å². The van der Waals surface area contributed by atoms with Crippen molar-refractivity contribution < 1.29 is 14.1 Å². The minimum atomic E-state index is -0.260. The number of methoxy groups -OCH3 is 1. The van der Waals surface area contributed by atoms with Gasteiger partial charge in [-0.15, -0.1) is 11.3 Å². The molecule has 1 N–H and O–H groups in total. The van der Waals surface area contributed by atoms with Crippen molar-refractivity contribution in [2.75, 3.05) is 12.4 Å². The lowest BCUT2D eigenvalue weighted by Crippen LogP contribution is -2.14. The van der Waals surface area contributed by atoms with Crippen molar-refractivity contribution in [3.05, 3.63) is 46.2 Å². The van der Waals surface area contributed by atoms with E-state index < -0.39 is 0 Å². The fourth-order valence-corrected chi connectivity index (χ4v) is 3.40. The van der Waals surface area contributed by atoms with Crippen LogP contribution in [0.2, 0.25) is 0 Å². The van der Waals surface area contributed by atoms with Crippen molar-refractivity contribution in [2.24, 2.45) is 0 Å². The molecule has 3 rings (SSSR count). The standard InChI is InChI=1S/C19H21N3O3S/c1-10(2)17-16(12(4)22-25-17)18(23)21-19-20-14(9-26-19)13-8-11(3)6-7-15(13)24-5/h6-10H,1-5H3,(H,20,21,23). The maximum Gasteiger partial charge on any atom is 0.262 e. The highest BCUT2D eigenvalue weighted by Gasteiger charge is 2.23. The van der Waals surface area contributed by atoms with Crippen LogP contribution < -0.4 is 10.1 Å². The molecule has 0 spiro atoms. The molecule has 6 nitrogen and oxygen atoms in total. The highest BCUT2D eigenvalue weighted by atomic mass is 32.1. The molecule has 136 valence electrons. The SMILES string of the molecule is COc1ccc(C)cc1-c1csc(NC(=O)c2c(C)noc2C(C)C)n1. The molecule has 0 saturated carbocycles. The molecule has 1 aromatic carbocycles. The number of carbonyl (C=O) groups is 1. The lowest BCUT2D eigenvalue weighted by molar-refractivity contribution is 0.102. The molecule has 0 aliphatic carbocycles. The molecule has 0 aliphatic heterocycles. The summed E-state index contributed by atoms with van der Waals surface area (Å²) in [6, 6.07) is 5.91. The Bertz CT molecular complexity index is 943. The quantitative estimate of drug-likeness (QED) is 0.697. The van der Waals surface area contributed by atoms with Crippen LogP contribution in [0.25, 0.3) is 11.3 Å². The second-order valence-electron chi connectivity index (χ2n) is 6.36. The zero-order valence-corrected chi connectivity index (χ0v) is 16.2. The van der Waals surface area contributed by atoms with Gasteiger partial charge in [0.15, 0.2) is 10.9 Å². The van der Waals surface area contributed by atoms with E-state index in [4.69, 9.17) is 9.26 Å². The molecule has 1 amide bonds. The predicted octanol–water partition coefficient (Wildman–Crippen LogP) is 4.80. The van der Waals surface area contributed by atoms with Gasteiger partial charge >= 0.3 is 0 Å². The van der Waals surface area contributed by atoms with E-state index in [1.165, 1.54) is 11.3 Å². The van der Waals surface area contributed by atoms with Gasteiger partial charge in [-0.2, -0.15) is 0 Å². The highest BCUT2D eigenvalue weighted by molar-refractivity contribution is 7.14. The van der Waals surface area contributed by atoms with Crippen LogP contribution in [0.15, 0.2) is 28.1 Å². The van der Waals surface area contributed by atoms with Crippen LogP contribution in [-0.4, -0.2) is 23.2 Å². The fourth-order valence-electron chi connectivity index (χ4n) is 2.69. The highest BCUT2D eigenvalue weighted by Crippen LogP contribution is 2.33. The van der Waals surface area contributed by atoms with Crippen LogP contribution in [0, 0.1) is 13.8 Å². The molecule has 26 heavy (non-hydrogen) atoms. The second-order valence-corrected chi connectivity index (χ2v) is 7.22. The number of aromatic nitrogens is 2. The summed E-state index contributed by atoms with van der Waals surface area (Å²) >= 11 is 1.37. The first-order valence-electron chi connectivity index (χ1n) is 8.28. The molecule has 0 bridgehead atoms. The number of amides is 1. The molecular weight excluding hydrogens is 350 g/mol. The normalized spacial score (nSPS) is 11.0. The molecule has 0 radical (unpaired) electrons. The van der Waals surface area contributed by atoms with Gasteiger partial charge in [0, 0.05) is 16.9 Å². The van der Waals surface area contributed by atoms with E-state index in [9.17, 15) is 4.79 Å². The van der Waals surface area contributed by atoms with Gasteiger partial charge in [-0.05, 0) is 26.0 Å². The maximum absolute atomic E-state index is 12.7. The van der Waals surface area contributed by atoms with Crippen molar-refractivity contribution >= 4 is 22.4 Å². The average Bonchev–Trinajstić information content (AvgIpc) is 3.21. The number of nitrogens with one attached hydrogen (secondary N) is 1. The number of hydrogen-bond acceptors (Lipinski definition) is 6. The largest absolute Gasteiger partial charge is 0.496 e. The van der Waals surface area contributed by atoms with Crippen LogP contribution >= 0.6 is 11.3 Å². The topological polar surface area (TPSA) is 77.2 Å². The average molecular weight is 371 g/mol. The Balaban J connectivity index is 1.87. The molecular formula is C19H21N3O3S. The third-order valence-corrected chi connectivity index (χ3v) is 4.75. The van der Waals surface area contributed by atoms with E-state index in [2.05, 4.69) is 15.5 Å². The van der Waals surface area contributed by atoms with Crippen molar-refractivity contribution in [1.29, 1.82) is 0 Å². The molecule has 0 atom stereocenters. The molecule has 0 fully saturated rings. The monoisotopic (exact) mass is 371 g/mol. The first-order chi connectivity index (χ1) is 12.4. The lowest BCUT2D eigenvalue weighted by atomic mass is 10.0. The lowest BCUT2D eigenvalue weighted by Gasteiger charge is -2.07. The number of nitrogens with zero attached hydrogens (tertiary/aromatic N) is 2. The number of carbonyl (C=O) groups excluding carboxylic acids is 1. The molecule has 0 saturated heterocycles. The third-order valence-electron chi connectivity index (χ3n) is 4.00. The van der Waals surface area contributed by atoms with Crippen molar-refractivity contribution in [1.82, 2.24) is 10.1 Å². The molecule has 7 heteroatoms. The van der Waals surface area contributed by atoms with Gasteiger partial charge in [-0.1, -0.05) is 30.6 Å². The second kappa shape index (κ2) is 7.29. The van der Waals surface area contributed by atoms with Gasteiger partial charge in [0.2, 0.25) is 0 Å². The number of benzene rings is 1. The minimum absolute atomic E-state index is 0.0698. The van der Waals surface area contributed by atoms with Crippen molar-refractivity contribution in [3.63, 3.8) is 0 Å². The summed E-state index contributed by atoms with van der Waals surface area (Å²) in [7, 11) is 1.63. The first kappa shape index (κ1) is 18.1. The summed E-state index contributed by atoms with van der Waals surface area (Å²) in [6.07, 6.45) is 0.